The van der Waals surface area contributed by atoms with Crippen LogP contribution in [0, 0.1) is 0 Å². The van der Waals surface area contributed by atoms with Crippen molar-refractivity contribution >= 4 is 23.0 Å². The molecule has 134 valence electrons. The number of fused-ring (bicyclic) bond motifs is 1. The molecule has 26 heavy (non-hydrogen) atoms. The lowest BCUT2D eigenvalue weighted by molar-refractivity contribution is -0.139. The maximum absolute atomic E-state index is 12.0. The molecule has 0 saturated carbocycles. The van der Waals surface area contributed by atoms with Crippen molar-refractivity contribution in [3.05, 3.63) is 65.9 Å². The fourth-order valence-corrected chi connectivity index (χ4v) is 2.74. The molecular formula is C19H19N3O4. The molecule has 0 bridgehead atoms. The van der Waals surface area contributed by atoms with Crippen LogP contribution in [0.1, 0.15) is 11.3 Å². The molecule has 0 radical (unpaired) electrons. The number of rotatable bonds is 6. The zero-order valence-corrected chi connectivity index (χ0v) is 14.3. The number of nitrogens with zero attached hydrogens (tertiary/aromatic N) is 2. The second-order valence-corrected chi connectivity index (χ2v) is 5.89. The number of para-hydroxylation sites is 1. The van der Waals surface area contributed by atoms with Gasteiger partial charge in [0.15, 0.2) is 0 Å². The van der Waals surface area contributed by atoms with Crippen molar-refractivity contribution in [3.8, 4) is 0 Å². The quantitative estimate of drug-likeness (QED) is 0.710. The largest absolute Gasteiger partial charge is 0.480 e. The SMILES string of the molecule is Cn1nc(CC(NC(=O)OCc2ccccc2)C(=O)O)c2ccccc21. The van der Waals surface area contributed by atoms with E-state index in [1.165, 1.54) is 0 Å². The molecule has 2 aromatic carbocycles. The van der Waals surface area contributed by atoms with Crippen molar-refractivity contribution < 1.29 is 19.4 Å². The summed E-state index contributed by atoms with van der Waals surface area (Å²) < 4.78 is 6.79. The number of alkyl carbamates (subject to hydrolysis) is 1. The summed E-state index contributed by atoms with van der Waals surface area (Å²) in [5.74, 6) is -1.14. The Morgan fingerprint density at radius 2 is 1.85 bits per heavy atom. The average molecular weight is 353 g/mol. The minimum atomic E-state index is -1.14. The molecule has 0 aliphatic heterocycles. The van der Waals surface area contributed by atoms with Gasteiger partial charge in [-0.05, 0) is 11.6 Å². The van der Waals surface area contributed by atoms with E-state index in [1.807, 2.05) is 54.6 Å². The molecule has 0 saturated heterocycles. The molecule has 0 aliphatic rings. The number of nitrogens with one attached hydrogen (secondary N) is 1. The predicted molar refractivity (Wildman–Crippen MR) is 95.6 cm³/mol. The van der Waals surface area contributed by atoms with Crippen LogP contribution in [0.15, 0.2) is 54.6 Å². The first-order chi connectivity index (χ1) is 12.5. The molecule has 1 atom stereocenters. The Kier molecular flexibility index (Phi) is 5.17. The summed E-state index contributed by atoms with van der Waals surface area (Å²) in [5, 5.41) is 17.1. The second kappa shape index (κ2) is 7.69. The first-order valence-corrected chi connectivity index (χ1v) is 8.15. The van der Waals surface area contributed by atoms with Crippen LogP contribution in [0.2, 0.25) is 0 Å². The van der Waals surface area contributed by atoms with Gasteiger partial charge in [-0.15, -0.1) is 0 Å². The molecule has 1 aromatic heterocycles. The number of aryl methyl sites for hydroxylation is 1. The van der Waals surface area contributed by atoms with E-state index in [2.05, 4.69) is 10.4 Å². The topological polar surface area (TPSA) is 93.5 Å². The number of hydrogen-bond donors (Lipinski definition) is 2. The van der Waals surface area contributed by atoms with E-state index in [4.69, 9.17) is 4.74 Å². The average Bonchev–Trinajstić information content (AvgIpc) is 2.96. The highest BCUT2D eigenvalue weighted by molar-refractivity contribution is 5.84. The number of aromatic nitrogens is 2. The Morgan fingerprint density at radius 1 is 1.15 bits per heavy atom. The molecule has 1 amide bonds. The summed E-state index contributed by atoms with van der Waals surface area (Å²) >= 11 is 0. The summed E-state index contributed by atoms with van der Waals surface area (Å²) in [5.41, 5.74) is 2.34. The normalized spacial score (nSPS) is 11.9. The smallest absolute Gasteiger partial charge is 0.408 e. The van der Waals surface area contributed by atoms with Gasteiger partial charge in [0.25, 0.3) is 0 Å². The Labute approximate surface area is 150 Å². The van der Waals surface area contributed by atoms with E-state index in [1.54, 1.807) is 11.7 Å². The third-order valence-corrected chi connectivity index (χ3v) is 4.03. The van der Waals surface area contributed by atoms with Crippen LogP contribution in [0.5, 0.6) is 0 Å². The lowest BCUT2D eigenvalue weighted by atomic mass is 10.1. The van der Waals surface area contributed by atoms with E-state index >= 15 is 0 Å². The molecule has 7 nitrogen and oxygen atoms in total. The van der Waals surface area contributed by atoms with Crippen LogP contribution in [0.4, 0.5) is 4.79 Å². The van der Waals surface area contributed by atoms with Crippen LogP contribution in [-0.2, 0) is 29.6 Å². The first-order valence-electron chi connectivity index (χ1n) is 8.15. The lowest BCUT2D eigenvalue weighted by Gasteiger charge is -2.14. The predicted octanol–water partition coefficient (Wildman–Crippen LogP) is 2.50. The fraction of sp³-hybridized carbons (Fsp3) is 0.211. The van der Waals surface area contributed by atoms with Crippen LogP contribution < -0.4 is 5.32 Å². The highest BCUT2D eigenvalue weighted by Gasteiger charge is 2.23. The van der Waals surface area contributed by atoms with Crippen molar-refractivity contribution in [2.24, 2.45) is 7.05 Å². The van der Waals surface area contributed by atoms with E-state index in [-0.39, 0.29) is 13.0 Å². The van der Waals surface area contributed by atoms with Gasteiger partial charge in [0, 0.05) is 18.9 Å². The van der Waals surface area contributed by atoms with Crippen LogP contribution in [0.3, 0.4) is 0 Å². The fourth-order valence-electron chi connectivity index (χ4n) is 2.74. The number of carbonyl (C=O) groups excluding carboxylic acids is 1. The van der Waals surface area contributed by atoms with Gasteiger partial charge in [0.05, 0.1) is 11.2 Å². The number of carboxylic acid groups (broad SMARTS) is 1. The number of carbonyl (C=O) groups is 2. The number of amides is 1. The molecule has 1 heterocycles. The molecule has 0 fully saturated rings. The van der Waals surface area contributed by atoms with Crippen molar-refractivity contribution in [1.82, 2.24) is 15.1 Å². The van der Waals surface area contributed by atoms with Gasteiger partial charge in [0.1, 0.15) is 12.6 Å². The van der Waals surface area contributed by atoms with Crippen LogP contribution >= 0.6 is 0 Å². The first kappa shape index (κ1) is 17.5. The van der Waals surface area contributed by atoms with Crippen LogP contribution in [-0.4, -0.2) is 33.0 Å². The third-order valence-electron chi connectivity index (χ3n) is 4.03. The highest BCUT2D eigenvalue weighted by Crippen LogP contribution is 2.18. The van der Waals surface area contributed by atoms with Gasteiger partial charge in [-0.3, -0.25) is 4.68 Å². The molecule has 2 N–H and O–H groups in total. The maximum Gasteiger partial charge on any atom is 0.408 e. The summed E-state index contributed by atoms with van der Waals surface area (Å²) in [6.45, 7) is 0.0749. The molecule has 0 spiro atoms. The summed E-state index contributed by atoms with van der Waals surface area (Å²) in [7, 11) is 1.79. The minimum absolute atomic E-state index is 0.0666. The summed E-state index contributed by atoms with van der Waals surface area (Å²) in [4.78, 5) is 23.5. The Hall–Kier alpha value is -3.35. The molecule has 3 rings (SSSR count). The highest BCUT2D eigenvalue weighted by atomic mass is 16.5. The number of hydrogen-bond acceptors (Lipinski definition) is 4. The van der Waals surface area contributed by atoms with Crippen LogP contribution in [0.25, 0.3) is 10.9 Å². The molecule has 3 aromatic rings. The Morgan fingerprint density at radius 3 is 2.58 bits per heavy atom. The standard InChI is InChI=1S/C19H19N3O4/c1-22-17-10-6-5-9-14(17)15(21-22)11-16(18(23)24)20-19(25)26-12-13-7-3-2-4-8-13/h2-10,16H,11-12H2,1H3,(H,20,25)(H,23,24). The molecule has 0 aliphatic carbocycles. The van der Waals surface area contributed by atoms with Crippen molar-refractivity contribution in [1.29, 1.82) is 0 Å². The van der Waals surface area contributed by atoms with Gasteiger partial charge >= 0.3 is 12.1 Å². The monoisotopic (exact) mass is 353 g/mol. The van der Waals surface area contributed by atoms with Gasteiger partial charge in [-0.1, -0.05) is 48.5 Å². The van der Waals surface area contributed by atoms with E-state index in [9.17, 15) is 14.7 Å². The molecular weight excluding hydrogens is 334 g/mol. The zero-order valence-electron chi connectivity index (χ0n) is 14.3. The van der Waals surface area contributed by atoms with Gasteiger partial charge in [-0.25, -0.2) is 9.59 Å². The lowest BCUT2D eigenvalue weighted by Crippen LogP contribution is -2.42. The van der Waals surface area contributed by atoms with Gasteiger partial charge in [0.2, 0.25) is 0 Å². The Bertz CT molecular complexity index is 921. The minimum Gasteiger partial charge on any atom is -0.480 e. The number of aliphatic carboxylic acids is 1. The number of ether oxygens (including phenoxy) is 1. The van der Waals surface area contributed by atoms with E-state index in [0.29, 0.717) is 5.69 Å². The Balaban J connectivity index is 1.67. The number of benzene rings is 2. The maximum atomic E-state index is 12.0. The molecule has 7 heteroatoms. The van der Waals surface area contributed by atoms with Gasteiger partial charge in [-0.2, -0.15) is 5.10 Å². The van der Waals surface area contributed by atoms with Crippen molar-refractivity contribution in [2.75, 3.05) is 0 Å². The summed E-state index contributed by atoms with van der Waals surface area (Å²) in [6, 6.07) is 15.6. The number of carboxylic acids is 1. The van der Waals surface area contributed by atoms with E-state index in [0.717, 1.165) is 16.5 Å². The second-order valence-electron chi connectivity index (χ2n) is 5.89. The van der Waals surface area contributed by atoms with E-state index < -0.39 is 18.1 Å². The van der Waals surface area contributed by atoms with Gasteiger partial charge < -0.3 is 15.2 Å². The molecule has 1 unspecified atom stereocenters. The zero-order chi connectivity index (χ0) is 18.5. The van der Waals surface area contributed by atoms with Crippen molar-refractivity contribution in [2.45, 2.75) is 19.1 Å². The van der Waals surface area contributed by atoms with Crippen molar-refractivity contribution in [3.63, 3.8) is 0 Å². The summed E-state index contributed by atoms with van der Waals surface area (Å²) in [6.07, 6.45) is -0.710. The third kappa shape index (κ3) is 4.00.